The van der Waals surface area contributed by atoms with Crippen molar-refractivity contribution in [1.82, 2.24) is 4.98 Å². The zero-order valence-electron chi connectivity index (χ0n) is 11.6. The van der Waals surface area contributed by atoms with E-state index in [1.165, 1.54) is 18.3 Å². The van der Waals surface area contributed by atoms with Crippen LogP contribution in [0, 0.1) is 6.92 Å². The minimum Gasteiger partial charge on any atom is -0.397 e. The molecular weight excluding hydrogens is 304 g/mol. The Morgan fingerprint density at radius 3 is 2.57 bits per heavy atom. The smallest absolute Gasteiger partial charge is 0.171 e. The van der Waals surface area contributed by atoms with Gasteiger partial charge in [0, 0.05) is 23.0 Å². The van der Waals surface area contributed by atoms with Crippen LogP contribution in [0.4, 0.5) is 5.69 Å². The van der Waals surface area contributed by atoms with E-state index < -0.39 is 0 Å². The summed E-state index contributed by atoms with van der Waals surface area (Å²) >= 11 is 7.29. The molecular formula is C16H13ClN2OS. The predicted octanol–water partition coefficient (Wildman–Crippen LogP) is 4.71. The van der Waals surface area contributed by atoms with Crippen LogP contribution in [0.5, 0.6) is 0 Å². The van der Waals surface area contributed by atoms with Gasteiger partial charge in [-0.05, 0) is 36.2 Å². The van der Waals surface area contributed by atoms with Crippen LogP contribution < -0.4 is 5.73 Å². The minimum atomic E-state index is -0.0322. The number of nitrogen functional groups attached to an aromatic ring is 1. The normalized spacial score (nSPS) is 11.0. The van der Waals surface area contributed by atoms with E-state index in [1.54, 1.807) is 0 Å². The van der Waals surface area contributed by atoms with Crippen LogP contribution in [0.2, 0.25) is 5.02 Å². The quantitative estimate of drug-likeness (QED) is 0.696. The summed E-state index contributed by atoms with van der Waals surface area (Å²) in [7, 11) is 0. The van der Waals surface area contributed by atoms with Gasteiger partial charge in [-0.25, -0.2) is 4.98 Å². The summed E-state index contributed by atoms with van der Waals surface area (Å²) < 4.78 is 0. The number of Topliss-reactive ketones (excluding diaryl/α,β-unsaturated/α-hetero) is 1. The zero-order valence-corrected chi connectivity index (χ0v) is 13.2. The summed E-state index contributed by atoms with van der Waals surface area (Å²) in [5.41, 5.74) is 9.58. The number of ketones is 1. The SMILES string of the molecule is CC(=O)c1sc2nc(C)cc(-c3ccc(Cl)cc3)c2c1N. The Hall–Kier alpha value is -1.91. The maximum Gasteiger partial charge on any atom is 0.171 e. The van der Waals surface area contributed by atoms with E-state index >= 15 is 0 Å². The van der Waals surface area contributed by atoms with Crippen molar-refractivity contribution < 1.29 is 4.79 Å². The van der Waals surface area contributed by atoms with Gasteiger partial charge in [-0.15, -0.1) is 11.3 Å². The highest BCUT2D eigenvalue weighted by Gasteiger charge is 2.18. The molecule has 0 aliphatic carbocycles. The van der Waals surface area contributed by atoms with Crippen LogP contribution in [0.3, 0.4) is 0 Å². The molecule has 0 fully saturated rings. The minimum absolute atomic E-state index is 0.0322. The van der Waals surface area contributed by atoms with E-state index in [1.807, 2.05) is 37.3 Å². The molecule has 106 valence electrons. The molecule has 0 radical (unpaired) electrons. The van der Waals surface area contributed by atoms with E-state index in [0.717, 1.165) is 27.0 Å². The van der Waals surface area contributed by atoms with Crippen molar-refractivity contribution in [2.24, 2.45) is 0 Å². The van der Waals surface area contributed by atoms with Gasteiger partial charge in [0.15, 0.2) is 5.78 Å². The Morgan fingerprint density at radius 1 is 1.29 bits per heavy atom. The highest BCUT2D eigenvalue weighted by atomic mass is 35.5. The highest BCUT2D eigenvalue weighted by molar-refractivity contribution is 7.21. The van der Waals surface area contributed by atoms with Crippen LogP contribution >= 0.6 is 22.9 Å². The number of thiophene rings is 1. The number of benzene rings is 1. The number of anilines is 1. The number of aromatic nitrogens is 1. The number of nitrogens with two attached hydrogens (primary N) is 1. The van der Waals surface area contributed by atoms with Crippen LogP contribution in [-0.2, 0) is 0 Å². The lowest BCUT2D eigenvalue weighted by molar-refractivity contribution is 0.102. The molecule has 0 bridgehead atoms. The van der Waals surface area contributed by atoms with E-state index in [4.69, 9.17) is 17.3 Å². The molecule has 2 heterocycles. The second kappa shape index (κ2) is 5.13. The van der Waals surface area contributed by atoms with E-state index in [9.17, 15) is 4.79 Å². The Bertz CT molecular complexity index is 853. The maximum absolute atomic E-state index is 11.7. The fourth-order valence-corrected chi connectivity index (χ4v) is 3.55. The van der Waals surface area contributed by atoms with Crippen LogP contribution in [0.25, 0.3) is 21.3 Å². The molecule has 3 aromatic rings. The average Bonchev–Trinajstić information content (AvgIpc) is 2.76. The van der Waals surface area contributed by atoms with Crippen molar-refractivity contribution in [3.63, 3.8) is 0 Å². The van der Waals surface area contributed by atoms with Crippen molar-refractivity contribution in [2.75, 3.05) is 5.73 Å². The molecule has 0 amide bonds. The largest absolute Gasteiger partial charge is 0.397 e. The third-order valence-electron chi connectivity index (χ3n) is 3.30. The van der Waals surface area contributed by atoms with Crippen molar-refractivity contribution >= 4 is 44.6 Å². The molecule has 3 rings (SSSR count). The third kappa shape index (κ3) is 2.41. The highest BCUT2D eigenvalue weighted by Crippen LogP contribution is 2.39. The molecule has 2 aromatic heterocycles. The molecule has 0 saturated carbocycles. The van der Waals surface area contributed by atoms with Crippen LogP contribution in [-0.4, -0.2) is 10.8 Å². The van der Waals surface area contributed by atoms with Crippen molar-refractivity contribution in [3.8, 4) is 11.1 Å². The second-order valence-electron chi connectivity index (χ2n) is 4.90. The first-order chi connectivity index (χ1) is 9.97. The molecule has 0 aliphatic rings. The average molecular weight is 317 g/mol. The van der Waals surface area contributed by atoms with Gasteiger partial charge in [0.25, 0.3) is 0 Å². The van der Waals surface area contributed by atoms with Gasteiger partial charge in [-0.3, -0.25) is 4.79 Å². The molecule has 3 nitrogen and oxygen atoms in total. The molecule has 0 unspecified atom stereocenters. The number of carbonyl (C=O) groups is 1. The Kier molecular flexibility index (Phi) is 3.43. The molecule has 1 aromatic carbocycles. The van der Waals surface area contributed by atoms with Gasteiger partial charge >= 0.3 is 0 Å². The van der Waals surface area contributed by atoms with Gasteiger partial charge in [0.1, 0.15) is 4.83 Å². The summed E-state index contributed by atoms with van der Waals surface area (Å²) in [5, 5.41) is 1.53. The number of hydrogen-bond acceptors (Lipinski definition) is 4. The second-order valence-corrected chi connectivity index (χ2v) is 6.33. The molecule has 0 atom stereocenters. The van der Waals surface area contributed by atoms with E-state index in [2.05, 4.69) is 4.98 Å². The Labute approximate surface area is 131 Å². The number of pyridine rings is 1. The lowest BCUT2D eigenvalue weighted by atomic mass is 10.0. The molecule has 0 saturated heterocycles. The maximum atomic E-state index is 11.7. The number of rotatable bonds is 2. The number of hydrogen-bond donors (Lipinski definition) is 1. The fraction of sp³-hybridized carbons (Fsp3) is 0.125. The topological polar surface area (TPSA) is 56.0 Å². The van der Waals surface area contributed by atoms with E-state index in [0.29, 0.717) is 15.6 Å². The van der Waals surface area contributed by atoms with Gasteiger partial charge in [-0.2, -0.15) is 0 Å². The zero-order chi connectivity index (χ0) is 15.1. The summed E-state index contributed by atoms with van der Waals surface area (Å²) in [6, 6.07) is 9.56. The first-order valence-corrected chi connectivity index (χ1v) is 7.63. The number of aryl methyl sites for hydroxylation is 1. The predicted molar refractivity (Wildman–Crippen MR) is 89.2 cm³/mol. The standard InChI is InChI=1S/C16H13ClN2OS/c1-8-7-12(10-3-5-11(17)6-4-10)13-14(18)15(9(2)20)21-16(13)19-8/h3-7H,18H2,1-2H3. The van der Waals surface area contributed by atoms with Gasteiger partial charge in [0.2, 0.25) is 0 Å². The Balaban J connectivity index is 2.36. The summed E-state index contributed by atoms with van der Waals surface area (Å²) in [4.78, 5) is 17.6. The summed E-state index contributed by atoms with van der Waals surface area (Å²) in [6.07, 6.45) is 0. The number of halogens is 1. The van der Waals surface area contributed by atoms with Gasteiger partial charge < -0.3 is 5.73 Å². The van der Waals surface area contributed by atoms with Crippen LogP contribution in [0.15, 0.2) is 30.3 Å². The fourth-order valence-electron chi connectivity index (χ4n) is 2.36. The van der Waals surface area contributed by atoms with E-state index in [-0.39, 0.29) is 5.78 Å². The third-order valence-corrected chi connectivity index (χ3v) is 4.75. The molecule has 0 spiro atoms. The van der Waals surface area contributed by atoms with Crippen molar-refractivity contribution in [2.45, 2.75) is 13.8 Å². The Morgan fingerprint density at radius 2 is 1.95 bits per heavy atom. The lowest BCUT2D eigenvalue weighted by Gasteiger charge is -2.06. The summed E-state index contributed by atoms with van der Waals surface area (Å²) in [5.74, 6) is -0.0322. The molecule has 0 aliphatic heterocycles. The van der Waals surface area contributed by atoms with Gasteiger partial charge in [-0.1, -0.05) is 23.7 Å². The summed E-state index contributed by atoms with van der Waals surface area (Å²) in [6.45, 7) is 3.46. The first-order valence-electron chi connectivity index (χ1n) is 6.44. The van der Waals surface area contributed by atoms with Crippen molar-refractivity contribution in [1.29, 1.82) is 0 Å². The first kappa shape index (κ1) is 14.0. The molecule has 21 heavy (non-hydrogen) atoms. The number of carbonyl (C=O) groups excluding carboxylic acids is 1. The number of nitrogens with zero attached hydrogens (tertiary/aromatic N) is 1. The monoisotopic (exact) mass is 316 g/mol. The number of fused-ring (bicyclic) bond motifs is 1. The molecule has 5 heteroatoms. The molecule has 2 N–H and O–H groups in total. The lowest BCUT2D eigenvalue weighted by Crippen LogP contribution is -1.95. The van der Waals surface area contributed by atoms with Crippen LogP contribution in [0.1, 0.15) is 22.3 Å². The van der Waals surface area contributed by atoms with Gasteiger partial charge in [0.05, 0.1) is 10.6 Å². The van der Waals surface area contributed by atoms with Crippen molar-refractivity contribution in [3.05, 3.63) is 45.9 Å².